The van der Waals surface area contributed by atoms with E-state index in [0.29, 0.717) is 49.4 Å². The molecule has 0 saturated carbocycles. The second-order valence-corrected chi connectivity index (χ2v) is 12.7. The average molecular weight is 664 g/mol. The van der Waals surface area contributed by atoms with Crippen LogP contribution in [0.5, 0.6) is 0 Å². The van der Waals surface area contributed by atoms with Gasteiger partial charge in [-0.1, -0.05) is 11.3 Å². The monoisotopic (exact) mass is 663 g/mol. The maximum Gasteiger partial charge on any atom is 0.416 e. The predicted octanol–water partition coefficient (Wildman–Crippen LogP) is 5.46. The Kier molecular flexibility index (Phi) is 10.5. The zero-order chi connectivity index (χ0) is 33.0. The van der Waals surface area contributed by atoms with E-state index >= 15 is 0 Å². The number of hydrogen-bond acceptors (Lipinski definition) is 10. The molecule has 46 heavy (non-hydrogen) atoms. The van der Waals surface area contributed by atoms with E-state index in [-0.39, 0.29) is 40.1 Å². The fourth-order valence-electron chi connectivity index (χ4n) is 5.85. The van der Waals surface area contributed by atoms with Crippen LogP contribution in [0.15, 0.2) is 30.6 Å². The van der Waals surface area contributed by atoms with Crippen molar-refractivity contribution in [2.45, 2.75) is 64.8 Å². The number of carbonyl (C=O) groups excluding carboxylic acids is 2. The first kappa shape index (κ1) is 33.7. The van der Waals surface area contributed by atoms with Crippen LogP contribution >= 0.6 is 11.3 Å². The van der Waals surface area contributed by atoms with Crippen LogP contribution in [0.2, 0.25) is 0 Å². The molecule has 0 bridgehead atoms. The van der Waals surface area contributed by atoms with Crippen LogP contribution in [-0.4, -0.2) is 88.0 Å². The maximum absolute atomic E-state index is 14.3. The number of amides is 1. The second kappa shape index (κ2) is 14.4. The van der Waals surface area contributed by atoms with Crippen molar-refractivity contribution >= 4 is 34.2 Å². The number of aromatic nitrogens is 3. The summed E-state index contributed by atoms with van der Waals surface area (Å²) >= 11 is 1.14. The summed E-state index contributed by atoms with van der Waals surface area (Å²) < 4.78 is 59.8. The number of hydrogen-bond donors (Lipinski definition) is 1. The Morgan fingerprint density at radius 1 is 1.09 bits per heavy atom. The van der Waals surface area contributed by atoms with Crippen molar-refractivity contribution in [1.29, 1.82) is 0 Å². The first-order valence-electron chi connectivity index (χ1n) is 15.3. The number of alkyl halides is 3. The molecule has 2 aliphatic heterocycles. The number of ether oxygens (including phenoxy) is 1. The van der Waals surface area contributed by atoms with Crippen molar-refractivity contribution in [3.05, 3.63) is 52.5 Å². The van der Waals surface area contributed by atoms with Gasteiger partial charge in [0.05, 0.1) is 36.7 Å². The Hall–Kier alpha value is -3.69. The molecule has 2 saturated heterocycles. The number of anilines is 2. The van der Waals surface area contributed by atoms with Crippen LogP contribution in [0, 0.1) is 5.82 Å². The van der Waals surface area contributed by atoms with Crippen molar-refractivity contribution < 1.29 is 31.9 Å². The predicted molar refractivity (Wildman–Crippen MR) is 166 cm³/mol. The molecular formula is C31H37F4N7O3S. The molecule has 1 N–H and O–H groups in total. The van der Waals surface area contributed by atoms with Gasteiger partial charge in [0.2, 0.25) is 0 Å². The molecule has 2 unspecified atom stereocenters. The zero-order valence-corrected chi connectivity index (χ0v) is 26.8. The van der Waals surface area contributed by atoms with Gasteiger partial charge in [-0.3, -0.25) is 24.7 Å². The summed E-state index contributed by atoms with van der Waals surface area (Å²) in [7, 11) is 0. The first-order chi connectivity index (χ1) is 21.9. The summed E-state index contributed by atoms with van der Waals surface area (Å²) in [6, 6.07) is 2.73. The number of thiazole rings is 1. The summed E-state index contributed by atoms with van der Waals surface area (Å²) in [4.78, 5) is 45.2. The van der Waals surface area contributed by atoms with Gasteiger partial charge in [-0.05, 0) is 58.4 Å². The van der Waals surface area contributed by atoms with Crippen molar-refractivity contribution in [3.8, 4) is 11.3 Å². The summed E-state index contributed by atoms with van der Waals surface area (Å²) in [5.74, 6) is -1.20. The highest BCUT2D eigenvalue weighted by molar-refractivity contribution is 7.16. The molecule has 0 aliphatic carbocycles. The SMILES string of the molecule is CCOC(=O)CCN1CCN(c2cnc(C(=O)Nc3nc(-c4cc(F)cc(C(F)(F)F)c4)c(CN4CCCC4C)s3)cn2)C(C)C1. The molecule has 0 spiro atoms. The molecule has 2 fully saturated rings. The third-order valence-electron chi connectivity index (χ3n) is 8.27. The van der Waals surface area contributed by atoms with Gasteiger partial charge in [-0.15, -0.1) is 0 Å². The van der Waals surface area contributed by atoms with Crippen molar-refractivity contribution in [2.24, 2.45) is 0 Å². The third kappa shape index (κ3) is 8.17. The molecule has 4 heterocycles. The Bertz CT molecular complexity index is 1540. The van der Waals surface area contributed by atoms with E-state index in [1.54, 1.807) is 6.92 Å². The molecule has 2 aromatic heterocycles. The van der Waals surface area contributed by atoms with Crippen LogP contribution in [0.1, 0.15) is 61.0 Å². The summed E-state index contributed by atoms with van der Waals surface area (Å²) in [5.41, 5.74) is -0.878. The van der Waals surface area contributed by atoms with E-state index in [4.69, 9.17) is 4.74 Å². The first-order valence-corrected chi connectivity index (χ1v) is 16.1. The number of nitrogens with zero attached hydrogens (tertiary/aromatic N) is 6. The van der Waals surface area contributed by atoms with Gasteiger partial charge in [-0.2, -0.15) is 13.2 Å². The number of rotatable bonds is 10. The Morgan fingerprint density at radius 3 is 2.54 bits per heavy atom. The lowest BCUT2D eigenvalue weighted by Crippen LogP contribution is -2.52. The van der Waals surface area contributed by atoms with Crippen molar-refractivity contribution in [3.63, 3.8) is 0 Å². The minimum absolute atomic E-state index is 0.00909. The second-order valence-electron chi connectivity index (χ2n) is 11.6. The number of likely N-dealkylation sites (tertiary alicyclic amines) is 1. The lowest BCUT2D eigenvalue weighted by atomic mass is 10.1. The van der Waals surface area contributed by atoms with Gasteiger partial charge >= 0.3 is 12.1 Å². The molecule has 2 atom stereocenters. The van der Waals surface area contributed by atoms with E-state index in [0.717, 1.165) is 55.9 Å². The van der Waals surface area contributed by atoms with Crippen molar-refractivity contribution in [2.75, 3.05) is 49.5 Å². The number of halogens is 4. The molecule has 1 aromatic carbocycles. The lowest BCUT2D eigenvalue weighted by molar-refractivity contribution is -0.143. The smallest absolute Gasteiger partial charge is 0.416 e. The molecule has 3 aromatic rings. The number of carbonyl (C=O) groups is 2. The van der Waals surface area contributed by atoms with Gasteiger partial charge < -0.3 is 9.64 Å². The van der Waals surface area contributed by atoms with Gasteiger partial charge in [0.15, 0.2) is 5.13 Å². The highest BCUT2D eigenvalue weighted by atomic mass is 32.1. The largest absolute Gasteiger partial charge is 0.466 e. The van der Waals surface area contributed by atoms with E-state index in [1.807, 2.05) is 0 Å². The number of piperazine rings is 1. The molecular weight excluding hydrogens is 626 g/mol. The quantitative estimate of drug-likeness (QED) is 0.224. The Morgan fingerprint density at radius 2 is 1.89 bits per heavy atom. The Labute approximate surface area is 268 Å². The average Bonchev–Trinajstić information content (AvgIpc) is 3.60. The molecule has 0 radical (unpaired) electrons. The van der Waals surface area contributed by atoms with Crippen molar-refractivity contribution in [1.82, 2.24) is 24.8 Å². The van der Waals surface area contributed by atoms with Crippen LogP contribution in [-0.2, 0) is 22.3 Å². The fourth-order valence-corrected chi connectivity index (χ4v) is 6.85. The van der Waals surface area contributed by atoms with Gasteiger partial charge in [0, 0.05) is 55.2 Å². The maximum atomic E-state index is 14.3. The van der Waals surface area contributed by atoms with Gasteiger partial charge in [0.1, 0.15) is 17.3 Å². The lowest BCUT2D eigenvalue weighted by Gasteiger charge is -2.40. The highest BCUT2D eigenvalue weighted by Gasteiger charge is 2.33. The minimum Gasteiger partial charge on any atom is -0.466 e. The summed E-state index contributed by atoms with van der Waals surface area (Å²) in [5, 5.41) is 2.87. The molecule has 1 amide bonds. The van der Waals surface area contributed by atoms with Crippen LogP contribution in [0.25, 0.3) is 11.3 Å². The van der Waals surface area contributed by atoms with E-state index < -0.39 is 23.5 Å². The van der Waals surface area contributed by atoms with E-state index in [1.165, 1.54) is 12.4 Å². The number of benzene rings is 1. The van der Waals surface area contributed by atoms with E-state index in [2.05, 4.69) is 48.8 Å². The molecule has 5 rings (SSSR count). The zero-order valence-electron chi connectivity index (χ0n) is 25.9. The summed E-state index contributed by atoms with van der Waals surface area (Å²) in [6.07, 6.45) is 0.491. The molecule has 248 valence electrons. The molecule has 10 nitrogen and oxygen atoms in total. The van der Waals surface area contributed by atoms with Crippen LogP contribution in [0.4, 0.5) is 28.5 Å². The molecule has 2 aliphatic rings. The van der Waals surface area contributed by atoms with Gasteiger partial charge in [-0.25, -0.2) is 19.3 Å². The summed E-state index contributed by atoms with van der Waals surface area (Å²) in [6.45, 7) is 10.2. The normalized spacial score (nSPS) is 19.4. The third-order valence-corrected chi connectivity index (χ3v) is 9.22. The minimum atomic E-state index is -4.73. The Balaban J connectivity index is 1.29. The molecule has 15 heteroatoms. The highest BCUT2D eigenvalue weighted by Crippen LogP contribution is 2.38. The number of esters is 1. The van der Waals surface area contributed by atoms with E-state index in [9.17, 15) is 27.2 Å². The standard InChI is InChI=1S/C31H37F4N7O3S/c1-4-45-27(43)7-9-40-10-11-42(20(3)17-40)26-16-36-24(15-37-26)29(44)39-30-38-28(25(46-30)18-41-8-5-6-19(41)2)21-12-22(31(33,34)35)14-23(32)13-21/h12-16,19-20H,4-11,17-18H2,1-3H3,(H,38,39,44). The van der Waals surface area contributed by atoms with Gasteiger partial charge in [0.25, 0.3) is 5.91 Å². The van der Waals surface area contributed by atoms with Crippen LogP contribution in [0.3, 0.4) is 0 Å². The topological polar surface area (TPSA) is 104 Å². The van der Waals surface area contributed by atoms with Crippen LogP contribution < -0.4 is 10.2 Å². The fraction of sp³-hybridized carbons (Fsp3) is 0.516. The number of nitrogens with one attached hydrogen (secondary N) is 1.